The maximum absolute atomic E-state index is 12.8. The minimum absolute atomic E-state index is 0.0663. The van der Waals surface area contributed by atoms with Gasteiger partial charge in [0.25, 0.3) is 0 Å². The number of carbonyl (C=O) groups excluding carboxylic acids is 1. The zero-order valence-corrected chi connectivity index (χ0v) is 13.6. The number of ketones is 1. The Bertz CT molecular complexity index is 673. The number of methoxy groups -OCH3 is 3. The van der Waals surface area contributed by atoms with Crippen LogP contribution < -0.4 is 14.2 Å². The fraction of sp³-hybridized carbons (Fsp3) is 0.312. The lowest BCUT2D eigenvalue weighted by Gasteiger charge is -2.15. The van der Waals surface area contributed by atoms with E-state index in [1.807, 2.05) is 19.9 Å². The van der Waals surface area contributed by atoms with Crippen LogP contribution >= 0.6 is 11.3 Å². The van der Waals surface area contributed by atoms with Gasteiger partial charge in [-0.25, -0.2) is 0 Å². The number of ether oxygens (including phenoxy) is 3. The first-order chi connectivity index (χ1) is 10.0. The van der Waals surface area contributed by atoms with Crippen molar-refractivity contribution < 1.29 is 19.0 Å². The van der Waals surface area contributed by atoms with E-state index in [4.69, 9.17) is 14.2 Å². The van der Waals surface area contributed by atoms with Crippen molar-refractivity contribution in [2.24, 2.45) is 0 Å². The lowest BCUT2D eigenvalue weighted by atomic mass is 10.0. The molecule has 0 unspecified atom stereocenters. The average molecular weight is 306 g/mol. The molecule has 2 rings (SSSR count). The van der Waals surface area contributed by atoms with Crippen molar-refractivity contribution in [3.63, 3.8) is 0 Å². The highest BCUT2D eigenvalue weighted by Crippen LogP contribution is 2.41. The Labute approximate surface area is 128 Å². The van der Waals surface area contributed by atoms with Crippen LogP contribution in [0.15, 0.2) is 18.2 Å². The average Bonchev–Trinajstić information content (AvgIpc) is 2.83. The number of hydrogen-bond donors (Lipinski definition) is 0. The molecular formula is C16H18O4S. The minimum Gasteiger partial charge on any atom is -0.493 e. The van der Waals surface area contributed by atoms with Crippen LogP contribution in [0, 0.1) is 13.8 Å². The highest BCUT2D eigenvalue weighted by atomic mass is 32.1. The summed E-state index contributed by atoms with van der Waals surface area (Å²) in [5.74, 6) is 1.29. The predicted octanol–water partition coefficient (Wildman–Crippen LogP) is 3.62. The molecule has 5 heteroatoms. The van der Waals surface area contributed by atoms with E-state index in [0.29, 0.717) is 22.8 Å². The van der Waals surface area contributed by atoms with Gasteiger partial charge in [-0.05, 0) is 37.6 Å². The Kier molecular flexibility index (Phi) is 4.53. The number of carbonyl (C=O) groups is 1. The number of benzene rings is 1. The molecule has 0 atom stereocenters. The van der Waals surface area contributed by atoms with E-state index in [0.717, 1.165) is 15.3 Å². The largest absolute Gasteiger partial charge is 0.493 e. The molecule has 0 amide bonds. The maximum atomic E-state index is 12.8. The summed E-state index contributed by atoms with van der Waals surface area (Å²) in [5.41, 5.74) is 1.44. The van der Waals surface area contributed by atoms with Crippen molar-refractivity contribution in [1.82, 2.24) is 0 Å². The van der Waals surface area contributed by atoms with E-state index in [2.05, 4.69) is 0 Å². The van der Waals surface area contributed by atoms with Gasteiger partial charge in [-0.2, -0.15) is 0 Å². The van der Waals surface area contributed by atoms with Gasteiger partial charge >= 0.3 is 0 Å². The molecule has 0 fully saturated rings. The predicted molar refractivity (Wildman–Crippen MR) is 83.3 cm³/mol. The fourth-order valence-corrected chi connectivity index (χ4v) is 3.25. The standard InChI is InChI=1S/C16H18O4S/c1-9-8-10(2)21-16(9)13(17)11-6-7-12(18-3)15(20-5)14(11)19-4/h6-8H,1-5H3. The monoisotopic (exact) mass is 306 g/mol. The van der Waals surface area contributed by atoms with Gasteiger partial charge in [0.05, 0.1) is 31.8 Å². The topological polar surface area (TPSA) is 44.8 Å². The first-order valence-corrected chi connectivity index (χ1v) is 7.25. The van der Waals surface area contributed by atoms with E-state index < -0.39 is 0 Å². The Morgan fingerprint density at radius 3 is 2.14 bits per heavy atom. The zero-order valence-electron chi connectivity index (χ0n) is 12.8. The SMILES string of the molecule is COc1ccc(C(=O)c2sc(C)cc2C)c(OC)c1OC. The number of aryl methyl sites for hydroxylation is 2. The van der Waals surface area contributed by atoms with Crippen LogP contribution in [0.3, 0.4) is 0 Å². The van der Waals surface area contributed by atoms with E-state index in [1.165, 1.54) is 25.6 Å². The van der Waals surface area contributed by atoms with Crippen LogP contribution in [0.25, 0.3) is 0 Å². The second-order valence-corrected chi connectivity index (χ2v) is 5.84. The van der Waals surface area contributed by atoms with E-state index in [9.17, 15) is 4.79 Å². The summed E-state index contributed by atoms with van der Waals surface area (Å²) in [5, 5.41) is 0. The van der Waals surface area contributed by atoms with Gasteiger partial charge in [-0.1, -0.05) is 0 Å². The molecule has 112 valence electrons. The molecule has 0 bridgehead atoms. The lowest BCUT2D eigenvalue weighted by molar-refractivity contribution is 0.103. The molecule has 0 spiro atoms. The molecule has 21 heavy (non-hydrogen) atoms. The van der Waals surface area contributed by atoms with Crippen LogP contribution in [0.4, 0.5) is 0 Å². The summed E-state index contributed by atoms with van der Waals surface area (Å²) in [6, 6.07) is 5.42. The van der Waals surface area contributed by atoms with E-state index in [1.54, 1.807) is 19.2 Å². The Morgan fingerprint density at radius 2 is 1.67 bits per heavy atom. The third-order valence-corrected chi connectivity index (χ3v) is 4.35. The summed E-state index contributed by atoms with van der Waals surface area (Å²) in [6.07, 6.45) is 0. The first-order valence-electron chi connectivity index (χ1n) is 6.44. The molecule has 0 aliphatic heterocycles. The summed E-state index contributed by atoms with van der Waals surface area (Å²) in [4.78, 5) is 14.6. The minimum atomic E-state index is -0.0663. The molecule has 1 heterocycles. The van der Waals surface area contributed by atoms with Gasteiger partial charge < -0.3 is 14.2 Å². The molecule has 0 radical (unpaired) electrons. The quantitative estimate of drug-likeness (QED) is 0.791. The van der Waals surface area contributed by atoms with Crippen LogP contribution in [0.2, 0.25) is 0 Å². The molecule has 0 saturated heterocycles. The van der Waals surface area contributed by atoms with E-state index >= 15 is 0 Å². The van der Waals surface area contributed by atoms with Gasteiger partial charge in [-0.15, -0.1) is 11.3 Å². The Balaban J connectivity index is 2.58. The highest BCUT2D eigenvalue weighted by molar-refractivity contribution is 7.14. The van der Waals surface area contributed by atoms with Crippen molar-refractivity contribution >= 4 is 17.1 Å². The second-order valence-electron chi connectivity index (χ2n) is 4.58. The van der Waals surface area contributed by atoms with Crippen LogP contribution in [0.5, 0.6) is 17.2 Å². The van der Waals surface area contributed by atoms with Gasteiger partial charge in [0.1, 0.15) is 0 Å². The van der Waals surface area contributed by atoms with Crippen molar-refractivity contribution in [3.05, 3.63) is 39.1 Å². The zero-order chi connectivity index (χ0) is 15.6. The molecule has 4 nitrogen and oxygen atoms in total. The molecule has 0 saturated carbocycles. The summed E-state index contributed by atoms with van der Waals surface area (Å²) in [6.45, 7) is 3.92. The number of hydrogen-bond acceptors (Lipinski definition) is 5. The number of rotatable bonds is 5. The third-order valence-electron chi connectivity index (χ3n) is 3.20. The van der Waals surface area contributed by atoms with Gasteiger partial charge in [0.15, 0.2) is 11.5 Å². The van der Waals surface area contributed by atoms with Gasteiger partial charge in [0.2, 0.25) is 11.5 Å². The van der Waals surface area contributed by atoms with Crippen LogP contribution in [0.1, 0.15) is 25.7 Å². The summed E-state index contributed by atoms with van der Waals surface area (Å²) >= 11 is 1.48. The van der Waals surface area contributed by atoms with Crippen molar-refractivity contribution in [1.29, 1.82) is 0 Å². The normalized spacial score (nSPS) is 10.3. The molecular weight excluding hydrogens is 288 g/mol. The Hall–Kier alpha value is -2.01. The summed E-state index contributed by atoms with van der Waals surface area (Å²) in [7, 11) is 4.58. The summed E-state index contributed by atoms with van der Waals surface area (Å²) < 4.78 is 15.9. The lowest BCUT2D eigenvalue weighted by Crippen LogP contribution is -2.05. The van der Waals surface area contributed by atoms with Crippen LogP contribution in [-0.2, 0) is 0 Å². The molecule has 0 aliphatic rings. The van der Waals surface area contributed by atoms with Crippen molar-refractivity contribution in [3.8, 4) is 17.2 Å². The molecule has 1 aromatic heterocycles. The Morgan fingerprint density at radius 1 is 1.00 bits per heavy atom. The highest BCUT2D eigenvalue weighted by Gasteiger charge is 2.23. The van der Waals surface area contributed by atoms with Crippen molar-refractivity contribution in [2.45, 2.75) is 13.8 Å². The fourth-order valence-electron chi connectivity index (χ4n) is 2.27. The molecule has 0 aliphatic carbocycles. The molecule has 2 aromatic rings. The first kappa shape index (κ1) is 15.4. The van der Waals surface area contributed by atoms with Gasteiger partial charge in [-0.3, -0.25) is 4.79 Å². The van der Waals surface area contributed by atoms with Crippen molar-refractivity contribution in [2.75, 3.05) is 21.3 Å². The number of thiophene rings is 1. The third kappa shape index (κ3) is 2.74. The maximum Gasteiger partial charge on any atom is 0.207 e. The van der Waals surface area contributed by atoms with E-state index in [-0.39, 0.29) is 5.78 Å². The smallest absolute Gasteiger partial charge is 0.207 e. The second kappa shape index (κ2) is 6.18. The van der Waals surface area contributed by atoms with Crippen LogP contribution in [-0.4, -0.2) is 27.1 Å². The molecule has 0 N–H and O–H groups in total. The molecule has 1 aromatic carbocycles. The van der Waals surface area contributed by atoms with Gasteiger partial charge in [0, 0.05) is 4.88 Å².